The van der Waals surface area contributed by atoms with Gasteiger partial charge in [0.05, 0.1) is 18.3 Å². The fraction of sp³-hybridized carbons (Fsp3) is 0.417. The van der Waals surface area contributed by atoms with Gasteiger partial charge in [-0.2, -0.15) is 5.26 Å². The zero-order chi connectivity index (χ0) is 12.0. The first-order valence-electron chi connectivity index (χ1n) is 5.18. The Hall–Kier alpha value is -1.47. The molecule has 0 aliphatic carbocycles. The van der Waals surface area contributed by atoms with E-state index in [1.54, 1.807) is 12.1 Å². The summed E-state index contributed by atoms with van der Waals surface area (Å²) in [6, 6.07) is 6.07. The van der Waals surface area contributed by atoms with Crippen LogP contribution in [0.5, 0.6) is 0 Å². The van der Waals surface area contributed by atoms with E-state index in [4.69, 9.17) is 5.26 Å². The number of nitrogens with one attached hydrogen (secondary N) is 1. The molecule has 0 amide bonds. The molecule has 0 saturated heterocycles. The molecular weight excluding hydrogens is 210 g/mol. The summed E-state index contributed by atoms with van der Waals surface area (Å²) in [6.07, 6.45) is 0.419. The minimum Gasteiger partial charge on any atom is -0.310 e. The third kappa shape index (κ3) is 3.28. The largest absolute Gasteiger partial charge is 0.310 e. The minimum absolute atomic E-state index is 0.181. The lowest BCUT2D eigenvalue weighted by Crippen LogP contribution is -2.21. The Bertz CT molecular complexity index is 385. The SMILES string of the molecule is CC(NCCCF)c1ccc(C#N)cc1F. The summed E-state index contributed by atoms with van der Waals surface area (Å²) in [5.41, 5.74) is 0.801. The highest BCUT2D eigenvalue weighted by Gasteiger charge is 2.10. The van der Waals surface area contributed by atoms with Crippen LogP contribution in [0.3, 0.4) is 0 Å². The van der Waals surface area contributed by atoms with Crippen LogP contribution in [0.2, 0.25) is 0 Å². The Kier molecular flexibility index (Phi) is 4.87. The average Bonchev–Trinajstić information content (AvgIpc) is 2.29. The topological polar surface area (TPSA) is 35.8 Å². The van der Waals surface area contributed by atoms with Crippen molar-refractivity contribution in [2.45, 2.75) is 19.4 Å². The second-order valence-electron chi connectivity index (χ2n) is 3.57. The van der Waals surface area contributed by atoms with Gasteiger partial charge in [0.2, 0.25) is 0 Å². The second-order valence-corrected chi connectivity index (χ2v) is 3.57. The number of nitrogens with zero attached hydrogens (tertiary/aromatic N) is 1. The van der Waals surface area contributed by atoms with Gasteiger partial charge >= 0.3 is 0 Å². The van der Waals surface area contributed by atoms with Gasteiger partial charge in [0, 0.05) is 11.6 Å². The monoisotopic (exact) mass is 224 g/mol. The van der Waals surface area contributed by atoms with Gasteiger partial charge in [0.15, 0.2) is 0 Å². The third-order valence-electron chi connectivity index (χ3n) is 2.36. The third-order valence-corrected chi connectivity index (χ3v) is 2.36. The summed E-state index contributed by atoms with van der Waals surface area (Å²) in [5, 5.41) is 11.6. The quantitative estimate of drug-likeness (QED) is 0.780. The van der Waals surface area contributed by atoms with Crippen LogP contribution in [-0.2, 0) is 0 Å². The van der Waals surface area contributed by atoms with Crippen molar-refractivity contribution in [2.24, 2.45) is 0 Å². The van der Waals surface area contributed by atoms with Crippen molar-refractivity contribution in [2.75, 3.05) is 13.2 Å². The number of hydrogen-bond donors (Lipinski definition) is 1. The van der Waals surface area contributed by atoms with Gasteiger partial charge in [0.25, 0.3) is 0 Å². The molecule has 0 aliphatic rings. The van der Waals surface area contributed by atoms with Crippen LogP contribution >= 0.6 is 0 Å². The van der Waals surface area contributed by atoms with Crippen molar-refractivity contribution in [1.29, 1.82) is 5.26 Å². The van der Waals surface area contributed by atoms with E-state index in [0.29, 0.717) is 24.1 Å². The molecule has 0 fully saturated rings. The van der Waals surface area contributed by atoms with Crippen LogP contribution in [0.15, 0.2) is 18.2 Å². The van der Waals surface area contributed by atoms with E-state index >= 15 is 0 Å². The van der Waals surface area contributed by atoms with E-state index in [1.807, 2.05) is 13.0 Å². The Morgan fingerprint density at radius 1 is 1.50 bits per heavy atom. The van der Waals surface area contributed by atoms with Crippen molar-refractivity contribution in [1.82, 2.24) is 5.32 Å². The number of rotatable bonds is 5. The van der Waals surface area contributed by atoms with Gasteiger partial charge in [0.1, 0.15) is 5.82 Å². The molecule has 4 heteroatoms. The predicted molar refractivity (Wildman–Crippen MR) is 58.1 cm³/mol. The molecule has 0 spiro atoms. The van der Waals surface area contributed by atoms with Crippen LogP contribution < -0.4 is 5.32 Å². The van der Waals surface area contributed by atoms with E-state index in [1.165, 1.54) is 6.07 Å². The molecule has 1 atom stereocenters. The van der Waals surface area contributed by atoms with Gasteiger partial charge in [-0.15, -0.1) is 0 Å². The minimum atomic E-state index is -0.403. The van der Waals surface area contributed by atoms with Crippen LogP contribution in [0.1, 0.15) is 30.5 Å². The van der Waals surface area contributed by atoms with Crippen LogP contribution in [0.25, 0.3) is 0 Å². The molecule has 86 valence electrons. The van der Waals surface area contributed by atoms with Gasteiger partial charge in [-0.1, -0.05) is 6.07 Å². The maximum Gasteiger partial charge on any atom is 0.129 e. The molecule has 0 aliphatic heterocycles. The standard InChI is InChI=1S/C12H14F2N2/c1-9(16-6-2-5-13)11-4-3-10(8-15)7-12(11)14/h3-4,7,9,16H,2,5-6H2,1H3. The molecule has 0 heterocycles. The number of alkyl halides is 1. The zero-order valence-electron chi connectivity index (χ0n) is 9.13. The summed E-state index contributed by atoms with van der Waals surface area (Å²) in [4.78, 5) is 0. The molecule has 0 radical (unpaired) electrons. The van der Waals surface area contributed by atoms with Crippen molar-refractivity contribution in [3.8, 4) is 6.07 Å². The Balaban J connectivity index is 2.69. The fourth-order valence-corrected chi connectivity index (χ4v) is 1.44. The van der Waals surface area contributed by atoms with Crippen molar-refractivity contribution in [3.63, 3.8) is 0 Å². The highest BCUT2D eigenvalue weighted by molar-refractivity contribution is 5.34. The molecular formula is C12H14F2N2. The maximum absolute atomic E-state index is 13.5. The molecule has 0 aromatic heterocycles. The zero-order valence-corrected chi connectivity index (χ0v) is 9.13. The molecule has 0 bridgehead atoms. The van der Waals surface area contributed by atoms with Crippen molar-refractivity contribution >= 4 is 0 Å². The highest BCUT2D eigenvalue weighted by atomic mass is 19.1. The summed E-state index contributed by atoms with van der Waals surface area (Å²) in [5.74, 6) is -0.403. The maximum atomic E-state index is 13.5. The number of halogens is 2. The fourth-order valence-electron chi connectivity index (χ4n) is 1.44. The summed E-state index contributed by atoms with van der Waals surface area (Å²) < 4.78 is 25.4. The predicted octanol–water partition coefficient (Wildman–Crippen LogP) is 2.71. The summed E-state index contributed by atoms with van der Waals surface area (Å²) >= 11 is 0. The smallest absolute Gasteiger partial charge is 0.129 e. The average molecular weight is 224 g/mol. The van der Waals surface area contributed by atoms with Crippen molar-refractivity contribution < 1.29 is 8.78 Å². The van der Waals surface area contributed by atoms with E-state index < -0.39 is 5.82 Å². The molecule has 0 saturated carbocycles. The van der Waals surface area contributed by atoms with E-state index in [0.717, 1.165) is 0 Å². The molecule has 1 aromatic carbocycles. The normalized spacial score (nSPS) is 12.1. The van der Waals surface area contributed by atoms with Crippen LogP contribution in [0, 0.1) is 17.1 Å². The van der Waals surface area contributed by atoms with Gasteiger partial charge < -0.3 is 5.32 Å². The Morgan fingerprint density at radius 3 is 2.81 bits per heavy atom. The second kappa shape index (κ2) is 6.19. The number of hydrogen-bond acceptors (Lipinski definition) is 2. The molecule has 1 aromatic rings. The van der Waals surface area contributed by atoms with Crippen LogP contribution in [0.4, 0.5) is 8.78 Å². The lowest BCUT2D eigenvalue weighted by molar-refractivity contribution is 0.441. The van der Waals surface area contributed by atoms with Crippen molar-refractivity contribution in [3.05, 3.63) is 35.1 Å². The van der Waals surface area contributed by atoms with E-state index in [2.05, 4.69) is 5.32 Å². The van der Waals surface area contributed by atoms with Gasteiger partial charge in [-0.3, -0.25) is 4.39 Å². The Labute approximate surface area is 93.9 Å². The van der Waals surface area contributed by atoms with Gasteiger partial charge in [-0.25, -0.2) is 4.39 Å². The first kappa shape index (κ1) is 12.6. The van der Waals surface area contributed by atoms with E-state index in [-0.39, 0.29) is 12.7 Å². The first-order valence-corrected chi connectivity index (χ1v) is 5.18. The Morgan fingerprint density at radius 2 is 2.25 bits per heavy atom. The molecule has 16 heavy (non-hydrogen) atoms. The molecule has 1 unspecified atom stereocenters. The molecule has 2 nitrogen and oxygen atoms in total. The molecule has 1 N–H and O–H groups in total. The highest BCUT2D eigenvalue weighted by Crippen LogP contribution is 2.17. The summed E-state index contributed by atoms with van der Waals surface area (Å²) in [6.45, 7) is 1.94. The lowest BCUT2D eigenvalue weighted by Gasteiger charge is -2.14. The summed E-state index contributed by atoms with van der Waals surface area (Å²) in [7, 11) is 0. The molecule has 1 rings (SSSR count). The van der Waals surface area contributed by atoms with Crippen LogP contribution in [-0.4, -0.2) is 13.2 Å². The van der Waals surface area contributed by atoms with Gasteiger partial charge in [-0.05, 0) is 32.0 Å². The van der Waals surface area contributed by atoms with E-state index in [9.17, 15) is 8.78 Å². The number of nitriles is 1. The first-order chi connectivity index (χ1) is 7.69. The number of benzene rings is 1. The lowest BCUT2D eigenvalue weighted by atomic mass is 10.1.